The first kappa shape index (κ1) is 17.6. The summed E-state index contributed by atoms with van der Waals surface area (Å²) in [6, 6.07) is 13.3. The molecule has 2 atom stereocenters. The average Bonchev–Trinajstić information content (AvgIpc) is 2.60. The van der Waals surface area contributed by atoms with Crippen LogP contribution in [-0.4, -0.2) is 34.4 Å². The smallest absolute Gasteiger partial charge is 0.224 e. The molecule has 25 heavy (non-hydrogen) atoms. The topological polar surface area (TPSA) is 45.2 Å². The molecule has 4 heteroatoms. The lowest BCUT2D eigenvalue weighted by molar-refractivity contribution is -0.121. The summed E-state index contributed by atoms with van der Waals surface area (Å²) < 4.78 is 0. The molecule has 132 valence electrons. The molecule has 1 aliphatic rings. The van der Waals surface area contributed by atoms with Gasteiger partial charge in [-0.3, -0.25) is 14.7 Å². The Morgan fingerprint density at radius 3 is 2.80 bits per heavy atom. The van der Waals surface area contributed by atoms with E-state index in [1.807, 2.05) is 19.2 Å². The van der Waals surface area contributed by atoms with Gasteiger partial charge < -0.3 is 5.32 Å². The first-order chi connectivity index (χ1) is 12.1. The summed E-state index contributed by atoms with van der Waals surface area (Å²) in [5.41, 5.74) is 3.48. The highest BCUT2D eigenvalue weighted by Crippen LogP contribution is 2.20. The Hall–Kier alpha value is -2.20. The summed E-state index contributed by atoms with van der Waals surface area (Å²) >= 11 is 0. The molecule has 1 saturated heterocycles. The van der Waals surface area contributed by atoms with Crippen LogP contribution in [-0.2, 0) is 17.8 Å². The largest absolute Gasteiger partial charge is 0.353 e. The number of carbonyl (C=O) groups is 1. The maximum atomic E-state index is 12.4. The third-order valence-corrected chi connectivity index (χ3v) is 5.09. The van der Waals surface area contributed by atoms with Crippen LogP contribution in [0.3, 0.4) is 0 Å². The van der Waals surface area contributed by atoms with Gasteiger partial charge in [-0.05, 0) is 49.4 Å². The molecule has 4 nitrogen and oxygen atoms in total. The monoisotopic (exact) mass is 337 g/mol. The minimum absolute atomic E-state index is 0.114. The SMILES string of the molecule is Cc1cnccc1CC(=O)N[C@@H]1CCN(Cc2ccccc2)[C@H](C)C1. The van der Waals surface area contributed by atoms with E-state index in [1.165, 1.54) is 5.56 Å². The van der Waals surface area contributed by atoms with E-state index >= 15 is 0 Å². The van der Waals surface area contributed by atoms with Gasteiger partial charge in [0.15, 0.2) is 0 Å². The van der Waals surface area contributed by atoms with Gasteiger partial charge >= 0.3 is 0 Å². The zero-order chi connectivity index (χ0) is 17.6. The molecule has 1 amide bonds. The Labute approximate surface area is 150 Å². The number of likely N-dealkylation sites (tertiary alicyclic amines) is 1. The van der Waals surface area contributed by atoms with Gasteiger partial charge in [0.1, 0.15) is 0 Å². The maximum Gasteiger partial charge on any atom is 0.224 e. The predicted molar refractivity (Wildman–Crippen MR) is 100 cm³/mol. The van der Waals surface area contributed by atoms with Crippen LogP contribution in [0, 0.1) is 6.92 Å². The van der Waals surface area contributed by atoms with Crippen molar-refractivity contribution in [2.45, 2.75) is 51.7 Å². The Kier molecular flexibility index (Phi) is 5.82. The molecular weight excluding hydrogens is 310 g/mol. The van der Waals surface area contributed by atoms with Crippen LogP contribution in [0.5, 0.6) is 0 Å². The van der Waals surface area contributed by atoms with Crippen LogP contribution in [0.4, 0.5) is 0 Å². The van der Waals surface area contributed by atoms with Gasteiger partial charge in [-0.15, -0.1) is 0 Å². The molecule has 0 unspecified atom stereocenters. The Morgan fingerprint density at radius 1 is 1.28 bits per heavy atom. The number of pyridine rings is 1. The molecule has 2 aromatic rings. The van der Waals surface area contributed by atoms with E-state index in [0.717, 1.165) is 37.1 Å². The quantitative estimate of drug-likeness (QED) is 0.912. The Balaban J connectivity index is 1.49. The second kappa shape index (κ2) is 8.26. The Bertz CT molecular complexity index is 701. The number of aryl methyl sites for hydroxylation is 1. The van der Waals surface area contributed by atoms with E-state index in [-0.39, 0.29) is 11.9 Å². The fourth-order valence-corrected chi connectivity index (χ4v) is 3.56. The van der Waals surface area contributed by atoms with Crippen molar-refractivity contribution in [3.05, 3.63) is 65.5 Å². The number of aromatic nitrogens is 1. The van der Waals surface area contributed by atoms with Crippen LogP contribution >= 0.6 is 0 Å². The summed E-state index contributed by atoms with van der Waals surface area (Å²) in [5.74, 6) is 0.114. The van der Waals surface area contributed by atoms with E-state index in [4.69, 9.17) is 0 Å². The minimum Gasteiger partial charge on any atom is -0.353 e. The van der Waals surface area contributed by atoms with Crippen molar-refractivity contribution in [2.75, 3.05) is 6.54 Å². The summed E-state index contributed by atoms with van der Waals surface area (Å²) in [7, 11) is 0. The molecule has 0 radical (unpaired) electrons. The molecule has 0 aliphatic carbocycles. The van der Waals surface area contributed by atoms with Crippen molar-refractivity contribution in [3.63, 3.8) is 0 Å². The van der Waals surface area contributed by atoms with Crippen molar-refractivity contribution >= 4 is 5.91 Å². The van der Waals surface area contributed by atoms with Gasteiger partial charge in [-0.2, -0.15) is 0 Å². The third kappa shape index (κ3) is 4.89. The summed E-state index contributed by atoms with van der Waals surface area (Å²) in [6.45, 7) is 6.27. The second-order valence-corrected chi connectivity index (χ2v) is 7.07. The lowest BCUT2D eigenvalue weighted by Crippen LogP contribution is -2.48. The summed E-state index contributed by atoms with van der Waals surface area (Å²) in [6.07, 6.45) is 6.02. The molecule has 3 rings (SSSR count). The Morgan fingerprint density at radius 2 is 2.08 bits per heavy atom. The number of hydrogen-bond donors (Lipinski definition) is 1. The maximum absolute atomic E-state index is 12.4. The number of nitrogens with one attached hydrogen (secondary N) is 1. The molecule has 1 aromatic heterocycles. The highest BCUT2D eigenvalue weighted by atomic mass is 16.1. The lowest BCUT2D eigenvalue weighted by Gasteiger charge is -2.38. The average molecular weight is 337 g/mol. The number of benzene rings is 1. The highest BCUT2D eigenvalue weighted by Gasteiger charge is 2.26. The number of amides is 1. The zero-order valence-corrected chi connectivity index (χ0v) is 15.1. The van der Waals surface area contributed by atoms with Gasteiger partial charge in [-0.1, -0.05) is 30.3 Å². The fraction of sp³-hybridized carbons (Fsp3) is 0.429. The molecular formula is C21H27N3O. The molecule has 1 N–H and O–H groups in total. The van der Waals surface area contributed by atoms with Gasteiger partial charge in [0, 0.05) is 37.6 Å². The summed E-state index contributed by atoms with van der Waals surface area (Å²) in [5, 5.41) is 3.22. The number of carbonyl (C=O) groups excluding carboxylic acids is 1. The first-order valence-corrected chi connectivity index (χ1v) is 9.08. The van der Waals surface area contributed by atoms with E-state index in [0.29, 0.717) is 12.5 Å². The van der Waals surface area contributed by atoms with E-state index in [2.05, 4.69) is 52.5 Å². The molecule has 1 aliphatic heterocycles. The lowest BCUT2D eigenvalue weighted by atomic mass is 9.97. The number of rotatable bonds is 5. The molecule has 0 saturated carbocycles. The van der Waals surface area contributed by atoms with Gasteiger partial charge in [0.05, 0.1) is 6.42 Å². The van der Waals surface area contributed by atoms with Crippen molar-refractivity contribution < 1.29 is 4.79 Å². The molecule has 0 bridgehead atoms. The third-order valence-electron chi connectivity index (χ3n) is 5.09. The first-order valence-electron chi connectivity index (χ1n) is 9.08. The van der Waals surface area contributed by atoms with E-state index in [9.17, 15) is 4.79 Å². The van der Waals surface area contributed by atoms with Crippen molar-refractivity contribution in [2.24, 2.45) is 0 Å². The van der Waals surface area contributed by atoms with Gasteiger partial charge in [0.2, 0.25) is 5.91 Å². The minimum atomic E-state index is 0.114. The van der Waals surface area contributed by atoms with Crippen LogP contribution in [0.25, 0.3) is 0 Å². The van der Waals surface area contributed by atoms with Gasteiger partial charge in [0.25, 0.3) is 0 Å². The van der Waals surface area contributed by atoms with Crippen molar-refractivity contribution in [1.29, 1.82) is 0 Å². The van der Waals surface area contributed by atoms with Crippen molar-refractivity contribution in [3.8, 4) is 0 Å². The van der Waals surface area contributed by atoms with E-state index in [1.54, 1.807) is 6.20 Å². The molecule has 1 aromatic carbocycles. The number of piperidine rings is 1. The van der Waals surface area contributed by atoms with Crippen LogP contribution in [0.15, 0.2) is 48.8 Å². The van der Waals surface area contributed by atoms with E-state index < -0.39 is 0 Å². The summed E-state index contributed by atoms with van der Waals surface area (Å²) in [4.78, 5) is 19.0. The molecule has 1 fully saturated rings. The highest BCUT2D eigenvalue weighted by molar-refractivity contribution is 5.79. The van der Waals surface area contributed by atoms with Gasteiger partial charge in [-0.25, -0.2) is 0 Å². The van der Waals surface area contributed by atoms with Crippen LogP contribution in [0.2, 0.25) is 0 Å². The zero-order valence-electron chi connectivity index (χ0n) is 15.1. The number of hydrogen-bond acceptors (Lipinski definition) is 3. The predicted octanol–water partition coefficient (Wildman–Crippen LogP) is 3.10. The van der Waals surface area contributed by atoms with Crippen molar-refractivity contribution in [1.82, 2.24) is 15.2 Å². The normalized spacial score (nSPS) is 21.0. The fourth-order valence-electron chi connectivity index (χ4n) is 3.56. The molecule has 0 spiro atoms. The number of nitrogens with zero attached hydrogens (tertiary/aromatic N) is 2. The second-order valence-electron chi connectivity index (χ2n) is 7.07. The van der Waals surface area contributed by atoms with Crippen LogP contribution in [0.1, 0.15) is 36.5 Å². The standard InChI is InChI=1S/C21H27N3O/c1-16-14-22-10-8-19(16)13-21(25)23-20-9-11-24(17(2)12-20)15-18-6-4-3-5-7-18/h3-8,10,14,17,20H,9,11-13,15H2,1-2H3,(H,23,25)/t17-,20-/m1/s1. The van der Waals surface area contributed by atoms with Crippen LogP contribution < -0.4 is 5.32 Å². The molecule has 2 heterocycles.